The van der Waals surface area contributed by atoms with Crippen molar-refractivity contribution in [2.45, 2.75) is 6.61 Å². The Morgan fingerprint density at radius 1 is 1.26 bits per heavy atom. The lowest BCUT2D eigenvalue weighted by Crippen LogP contribution is -1.97. The highest BCUT2D eigenvalue weighted by Gasteiger charge is 2.03. The van der Waals surface area contributed by atoms with E-state index < -0.39 is 0 Å². The molecule has 0 N–H and O–H groups in total. The van der Waals surface area contributed by atoms with Gasteiger partial charge in [-0.3, -0.25) is 0 Å². The predicted molar refractivity (Wildman–Crippen MR) is 74.8 cm³/mol. The molecule has 96 valence electrons. The molecule has 0 saturated heterocycles. The van der Waals surface area contributed by atoms with E-state index in [0.29, 0.717) is 12.5 Å². The van der Waals surface area contributed by atoms with Crippen molar-refractivity contribution in [1.29, 1.82) is 0 Å². The number of aryl methyl sites for hydroxylation is 1. The quantitative estimate of drug-likeness (QED) is 0.697. The Hall–Kier alpha value is -1.95. The van der Waals surface area contributed by atoms with Crippen molar-refractivity contribution in [2.24, 2.45) is 7.05 Å². The first-order chi connectivity index (χ1) is 9.22. The van der Waals surface area contributed by atoms with Crippen molar-refractivity contribution in [3.63, 3.8) is 0 Å². The topological polar surface area (TPSA) is 52.8 Å². The second kappa shape index (κ2) is 4.97. The monoisotopic (exact) mass is 318 g/mol. The van der Waals surface area contributed by atoms with Crippen molar-refractivity contribution in [3.05, 3.63) is 46.6 Å². The first kappa shape index (κ1) is 12.1. The predicted octanol–water partition coefficient (Wildman–Crippen LogP) is 2.70. The average molecular weight is 319 g/mol. The van der Waals surface area contributed by atoms with E-state index in [-0.39, 0.29) is 0 Å². The van der Waals surface area contributed by atoms with E-state index in [9.17, 15) is 0 Å². The van der Waals surface area contributed by atoms with Crippen molar-refractivity contribution in [3.8, 4) is 5.88 Å². The minimum atomic E-state index is 0.454. The van der Waals surface area contributed by atoms with Crippen LogP contribution in [0.25, 0.3) is 11.0 Å². The normalized spacial score (nSPS) is 10.8. The van der Waals surface area contributed by atoms with Gasteiger partial charge in [-0.1, -0.05) is 17.3 Å². The maximum atomic E-state index is 5.63. The number of fused-ring (bicyclic) bond motifs is 1. The van der Waals surface area contributed by atoms with Gasteiger partial charge < -0.3 is 4.74 Å². The second-order valence-electron chi connectivity index (χ2n) is 4.12. The van der Waals surface area contributed by atoms with Gasteiger partial charge in [0.2, 0.25) is 5.88 Å². The Bertz CT molecular complexity index is 725. The zero-order valence-corrected chi connectivity index (χ0v) is 11.8. The van der Waals surface area contributed by atoms with Gasteiger partial charge in [0.1, 0.15) is 16.7 Å². The minimum Gasteiger partial charge on any atom is -0.473 e. The maximum Gasteiger partial charge on any atom is 0.214 e. The Labute approximate surface area is 118 Å². The smallest absolute Gasteiger partial charge is 0.214 e. The first-order valence-electron chi connectivity index (χ1n) is 5.76. The summed E-state index contributed by atoms with van der Waals surface area (Å²) in [7, 11) is 1.87. The molecule has 5 nitrogen and oxygen atoms in total. The van der Waals surface area contributed by atoms with Crippen LogP contribution in [0, 0.1) is 0 Å². The van der Waals surface area contributed by atoms with Gasteiger partial charge in [0, 0.05) is 13.1 Å². The number of halogens is 1. The molecule has 1 aromatic carbocycles. The number of aromatic nitrogens is 4. The molecule has 2 heterocycles. The van der Waals surface area contributed by atoms with Gasteiger partial charge in [0.25, 0.3) is 0 Å². The van der Waals surface area contributed by atoms with Crippen LogP contribution < -0.4 is 4.74 Å². The summed E-state index contributed by atoms with van der Waals surface area (Å²) in [6.45, 7) is 0.454. The largest absolute Gasteiger partial charge is 0.473 e. The number of rotatable bonds is 3. The Kier molecular flexibility index (Phi) is 3.16. The van der Waals surface area contributed by atoms with E-state index in [2.05, 4.69) is 31.2 Å². The standard InChI is InChI=1S/C13H11BrN4O/c1-18-11-6-5-9(7-10(11)16-17-18)8-19-13-4-2-3-12(14)15-13/h2-7H,8H2,1H3. The highest BCUT2D eigenvalue weighted by molar-refractivity contribution is 9.10. The van der Waals surface area contributed by atoms with Gasteiger partial charge >= 0.3 is 0 Å². The van der Waals surface area contributed by atoms with Gasteiger partial charge in [-0.2, -0.15) is 0 Å². The van der Waals surface area contributed by atoms with Crippen LogP contribution in [0.1, 0.15) is 5.56 Å². The van der Waals surface area contributed by atoms with Crippen LogP contribution in [0.4, 0.5) is 0 Å². The SMILES string of the molecule is Cn1nnc2cc(COc3cccc(Br)n3)ccc21. The fourth-order valence-electron chi connectivity index (χ4n) is 1.80. The molecule has 0 bridgehead atoms. The molecule has 0 aliphatic carbocycles. The summed E-state index contributed by atoms with van der Waals surface area (Å²) >= 11 is 3.31. The summed E-state index contributed by atoms with van der Waals surface area (Å²) < 4.78 is 8.14. The Morgan fingerprint density at radius 2 is 2.16 bits per heavy atom. The molecule has 0 amide bonds. The Balaban J connectivity index is 1.78. The van der Waals surface area contributed by atoms with E-state index >= 15 is 0 Å². The van der Waals surface area contributed by atoms with Gasteiger partial charge in [0.15, 0.2) is 0 Å². The fraction of sp³-hybridized carbons (Fsp3) is 0.154. The molecule has 0 spiro atoms. The molecule has 3 rings (SSSR count). The Morgan fingerprint density at radius 3 is 3.00 bits per heavy atom. The van der Waals surface area contributed by atoms with Crippen LogP contribution in [0.15, 0.2) is 41.0 Å². The molecule has 0 radical (unpaired) electrons. The number of benzene rings is 1. The lowest BCUT2D eigenvalue weighted by Gasteiger charge is -2.05. The molecule has 0 atom stereocenters. The summed E-state index contributed by atoms with van der Waals surface area (Å²) in [6, 6.07) is 11.5. The molecule has 3 aromatic rings. The number of ether oxygens (including phenoxy) is 1. The third kappa shape index (κ3) is 2.58. The number of hydrogen-bond acceptors (Lipinski definition) is 4. The van der Waals surface area contributed by atoms with Gasteiger partial charge in [-0.15, -0.1) is 5.10 Å². The van der Waals surface area contributed by atoms with Crippen LogP contribution >= 0.6 is 15.9 Å². The van der Waals surface area contributed by atoms with E-state index in [0.717, 1.165) is 21.2 Å². The number of pyridine rings is 1. The molecular weight excluding hydrogens is 308 g/mol. The molecule has 0 aliphatic rings. The van der Waals surface area contributed by atoms with Crippen LogP contribution in [0.5, 0.6) is 5.88 Å². The van der Waals surface area contributed by atoms with Crippen LogP contribution in [0.3, 0.4) is 0 Å². The average Bonchev–Trinajstić information content (AvgIpc) is 2.78. The molecule has 0 saturated carbocycles. The fourth-order valence-corrected chi connectivity index (χ4v) is 2.13. The van der Waals surface area contributed by atoms with Crippen molar-refractivity contribution in [2.75, 3.05) is 0 Å². The third-order valence-corrected chi connectivity index (χ3v) is 3.19. The lowest BCUT2D eigenvalue weighted by atomic mass is 10.2. The molecule has 19 heavy (non-hydrogen) atoms. The van der Waals surface area contributed by atoms with Gasteiger partial charge in [-0.25, -0.2) is 9.67 Å². The van der Waals surface area contributed by atoms with E-state index in [1.807, 2.05) is 43.4 Å². The maximum absolute atomic E-state index is 5.63. The molecule has 0 aliphatic heterocycles. The molecule has 6 heteroatoms. The second-order valence-corrected chi connectivity index (χ2v) is 4.94. The van der Waals surface area contributed by atoms with Crippen molar-refractivity contribution in [1.82, 2.24) is 20.0 Å². The highest BCUT2D eigenvalue weighted by Crippen LogP contribution is 2.16. The summed E-state index contributed by atoms with van der Waals surface area (Å²) in [5.74, 6) is 0.591. The molecule has 0 unspecified atom stereocenters. The van der Waals surface area contributed by atoms with E-state index in [4.69, 9.17) is 4.74 Å². The van der Waals surface area contributed by atoms with Crippen LogP contribution in [-0.2, 0) is 13.7 Å². The molecule has 2 aromatic heterocycles. The summed E-state index contributed by atoms with van der Waals surface area (Å²) in [6.07, 6.45) is 0. The minimum absolute atomic E-state index is 0.454. The zero-order chi connectivity index (χ0) is 13.2. The zero-order valence-electron chi connectivity index (χ0n) is 10.2. The summed E-state index contributed by atoms with van der Waals surface area (Å²) in [5, 5.41) is 8.06. The van der Waals surface area contributed by atoms with E-state index in [1.54, 1.807) is 4.68 Å². The summed E-state index contributed by atoms with van der Waals surface area (Å²) in [5.41, 5.74) is 2.91. The van der Waals surface area contributed by atoms with Gasteiger partial charge in [-0.05, 0) is 39.7 Å². The summed E-state index contributed by atoms with van der Waals surface area (Å²) in [4.78, 5) is 4.22. The highest BCUT2D eigenvalue weighted by atomic mass is 79.9. The third-order valence-electron chi connectivity index (χ3n) is 2.75. The van der Waals surface area contributed by atoms with Crippen molar-refractivity contribution < 1.29 is 4.74 Å². The number of hydrogen-bond donors (Lipinski definition) is 0. The van der Waals surface area contributed by atoms with Crippen LogP contribution in [0.2, 0.25) is 0 Å². The van der Waals surface area contributed by atoms with Gasteiger partial charge in [0.05, 0.1) is 5.52 Å². The van der Waals surface area contributed by atoms with E-state index in [1.165, 1.54) is 0 Å². The van der Waals surface area contributed by atoms with Crippen molar-refractivity contribution >= 4 is 27.0 Å². The number of nitrogens with zero attached hydrogens (tertiary/aromatic N) is 4. The molecule has 0 fully saturated rings. The van der Waals surface area contributed by atoms with Crippen LogP contribution in [-0.4, -0.2) is 20.0 Å². The molecular formula is C13H11BrN4O. The lowest BCUT2D eigenvalue weighted by molar-refractivity contribution is 0.293. The first-order valence-corrected chi connectivity index (χ1v) is 6.55.